The van der Waals surface area contributed by atoms with Crippen LogP contribution in [0.4, 0.5) is 4.39 Å². The molecule has 3 nitrogen and oxygen atoms in total. The number of para-hydroxylation sites is 1. The summed E-state index contributed by atoms with van der Waals surface area (Å²) < 4.78 is 20.2. The van der Waals surface area contributed by atoms with Crippen molar-refractivity contribution < 1.29 is 9.13 Å². The molecule has 1 heterocycles. The summed E-state index contributed by atoms with van der Waals surface area (Å²) in [5.74, 6) is 0.727. The van der Waals surface area contributed by atoms with Gasteiger partial charge in [0.2, 0.25) is 0 Å². The number of hydrogen-bond acceptors (Lipinski definition) is 3. The average molecular weight is 328 g/mol. The number of benzene rings is 2. The lowest BCUT2D eigenvalue weighted by Crippen LogP contribution is -2.28. The van der Waals surface area contributed by atoms with E-state index >= 15 is 0 Å². The lowest BCUT2D eigenvalue weighted by molar-refractivity contribution is 0.125. The van der Waals surface area contributed by atoms with E-state index in [1.807, 2.05) is 45.0 Å². The van der Waals surface area contributed by atoms with Gasteiger partial charge < -0.3 is 10.5 Å². The predicted octanol–water partition coefficient (Wildman–Crippen LogP) is 4.02. The zero-order chi connectivity index (χ0) is 17.3. The summed E-state index contributed by atoms with van der Waals surface area (Å²) in [5.41, 5.74) is 8.60. The Bertz CT molecular complexity index is 724. The van der Waals surface area contributed by atoms with Crippen LogP contribution in [0, 0.1) is 5.82 Å². The number of halogens is 1. The van der Waals surface area contributed by atoms with Crippen LogP contribution >= 0.6 is 0 Å². The number of fused-ring (bicyclic) bond motifs is 1. The third-order valence-electron chi connectivity index (χ3n) is 4.30. The minimum absolute atomic E-state index is 0.0402. The third kappa shape index (κ3) is 3.45. The van der Waals surface area contributed by atoms with Crippen LogP contribution < -0.4 is 10.5 Å². The van der Waals surface area contributed by atoms with Crippen molar-refractivity contribution in [1.29, 1.82) is 0 Å². The molecule has 4 heteroatoms. The minimum Gasteiger partial charge on any atom is -0.488 e. The van der Waals surface area contributed by atoms with Gasteiger partial charge in [0.1, 0.15) is 17.2 Å². The molecule has 0 saturated carbocycles. The quantitative estimate of drug-likeness (QED) is 0.921. The van der Waals surface area contributed by atoms with Crippen molar-refractivity contribution in [3.8, 4) is 5.75 Å². The van der Waals surface area contributed by atoms with Gasteiger partial charge in [-0.25, -0.2) is 4.39 Å². The van der Waals surface area contributed by atoms with Crippen molar-refractivity contribution in [2.24, 2.45) is 5.73 Å². The van der Waals surface area contributed by atoms with Crippen molar-refractivity contribution in [2.75, 3.05) is 6.54 Å². The Kier molecular flexibility index (Phi) is 4.61. The van der Waals surface area contributed by atoms with E-state index in [1.54, 1.807) is 6.07 Å². The monoisotopic (exact) mass is 328 g/mol. The molecular formula is C20H25FN2O. The second-order valence-corrected chi connectivity index (χ2v) is 7.29. The van der Waals surface area contributed by atoms with Crippen LogP contribution in [0.3, 0.4) is 0 Å². The standard InChI is InChI=1S/C20H25FN2O/c1-20(2,3)24-19-10-5-4-7-14(19)12-23-13-16-15(18(23)11-22)8-6-9-17(16)21/h4-10,18H,11-13,22H2,1-3H3. The van der Waals surface area contributed by atoms with Crippen LogP contribution in [0.2, 0.25) is 0 Å². The Labute approximate surface area is 143 Å². The highest BCUT2D eigenvalue weighted by atomic mass is 19.1. The van der Waals surface area contributed by atoms with E-state index in [1.165, 1.54) is 6.07 Å². The zero-order valence-corrected chi connectivity index (χ0v) is 14.6. The summed E-state index contributed by atoms with van der Waals surface area (Å²) in [6, 6.07) is 13.3. The zero-order valence-electron chi connectivity index (χ0n) is 14.6. The topological polar surface area (TPSA) is 38.5 Å². The number of ether oxygens (including phenoxy) is 1. The molecule has 128 valence electrons. The largest absolute Gasteiger partial charge is 0.488 e. The van der Waals surface area contributed by atoms with Crippen LogP contribution in [0.25, 0.3) is 0 Å². The van der Waals surface area contributed by atoms with E-state index in [0.29, 0.717) is 19.6 Å². The fourth-order valence-electron chi connectivity index (χ4n) is 3.29. The van der Waals surface area contributed by atoms with Gasteiger partial charge in [0, 0.05) is 36.8 Å². The van der Waals surface area contributed by atoms with Gasteiger partial charge in [-0.15, -0.1) is 0 Å². The van der Waals surface area contributed by atoms with Gasteiger partial charge in [0.25, 0.3) is 0 Å². The molecule has 0 fully saturated rings. The second-order valence-electron chi connectivity index (χ2n) is 7.29. The molecule has 0 amide bonds. The number of hydrogen-bond donors (Lipinski definition) is 1. The summed E-state index contributed by atoms with van der Waals surface area (Å²) in [4.78, 5) is 2.22. The molecule has 1 aliphatic rings. The molecule has 0 aromatic heterocycles. The van der Waals surface area contributed by atoms with E-state index in [4.69, 9.17) is 10.5 Å². The third-order valence-corrected chi connectivity index (χ3v) is 4.30. The highest BCUT2D eigenvalue weighted by Gasteiger charge is 2.31. The highest BCUT2D eigenvalue weighted by molar-refractivity contribution is 5.38. The van der Waals surface area contributed by atoms with Gasteiger partial charge in [0.05, 0.1) is 0 Å². The van der Waals surface area contributed by atoms with Gasteiger partial charge in [0.15, 0.2) is 0 Å². The summed E-state index contributed by atoms with van der Waals surface area (Å²) in [6.07, 6.45) is 0. The normalized spacial score (nSPS) is 17.8. The highest BCUT2D eigenvalue weighted by Crippen LogP contribution is 2.36. The Morgan fingerprint density at radius 2 is 1.92 bits per heavy atom. The Hall–Kier alpha value is -1.91. The van der Waals surface area contributed by atoms with Crippen LogP contribution in [0.5, 0.6) is 5.75 Å². The summed E-state index contributed by atoms with van der Waals surface area (Å²) in [6.45, 7) is 7.84. The average Bonchev–Trinajstić information content (AvgIpc) is 2.86. The Morgan fingerprint density at radius 3 is 2.62 bits per heavy atom. The molecule has 0 spiro atoms. The molecular weight excluding hydrogens is 303 g/mol. The smallest absolute Gasteiger partial charge is 0.128 e. The Balaban J connectivity index is 1.86. The van der Waals surface area contributed by atoms with E-state index in [2.05, 4.69) is 11.0 Å². The first-order chi connectivity index (χ1) is 11.4. The molecule has 1 aliphatic heterocycles. The molecule has 2 N–H and O–H groups in total. The van der Waals surface area contributed by atoms with Gasteiger partial charge >= 0.3 is 0 Å². The SMILES string of the molecule is CC(C)(C)Oc1ccccc1CN1Cc2c(F)cccc2C1CN. The van der Waals surface area contributed by atoms with Crippen LogP contribution in [-0.4, -0.2) is 17.0 Å². The molecule has 0 saturated heterocycles. The molecule has 1 unspecified atom stereocenters. The number of rotatable bonds is 4. The van der Waals surface area contributed by atoms with E-state index in [9.17, 15) is 4.39 Å². The fraction of sp³-hybridized carbons (Fsp3) is 0.400. The van der Waals surface area contributed by atoms with Crippen molar-refractivity contribution in [2.45, 2.75) is 45.5 Å². The molecule has 2 aromatic carbocycles. The number of nitrogens with two attached hydrogens (primary N) is 1. The Morgan fingerprint density at radius 1 is 1.17 bits per heavy atom. The summed E-state index contributed by atoms with van der Waals surface area (Å²) in [5, 5.41) is 0. The van der Waals surface area contributed by atoms with Crippen LogP contribution in [0.15, 0.2) is 42.5 Å². The van der Waals surface area contributed by atoms with Crippen molar-refractivity contribution in [1.82, 2.24) is 4.90 Å². The second kappa shape index (κ2) is 6.54. The summed E-state index contributed by atoms with van der Waals surface area (Å²) >= 11 is 0. The molecule has 0 bridgehead atoms. The maximum absolute atomic E-state index is 14.1. The van der Waals surface area contributed by atoms with E-state index in [0.717, 1.165) is 22.4 Å². The maximum atomic E-state index is 14.1. The van der Waals surface area contributed by atoms with Gasteiger partial charge in [-0.1, -0.05) is 30.3 Å². The molecule has 0 radical (unpaired) electrons. The van der Waals surface area contributed by atoms with Crippen LogP contribution in [-0.2, 0) is 13.1 Å². The van der Waals surface area contributed by atoms with Crippen LogP contribution in [0.1, 0.15) is 43.5 Å². The first-order valence-electron chi connectivity index (χ1n) is 8.37. The van der Waals surface area contributed by atoms with Gasteiger partial charge in [-0.2, -0.15) is 0 Å². The number of nitrogens with zero attached hydrogens (tertiary/aromatic N) is 1. The fourth-order valence-corrected chi connectivity index (χ4v) is 3.29. The molecule has 3 rings (SSSR count). The lowest BCUT2D eigenvalue weighted by atomic mass is 10.0. The first-order valence-corrected chi connectivity index (χ1v) is 8.37. The summed E-state index contributed by atoms with van der Waals surface area (Å²) in [7, 11) is 0. The van der Waals surface area contributed by atoms with E-state index in [-0.39, 0.29) is 17.5 Å². The van der Waals surface area contributed by atoms with Crippen molar-refractivity contribution in [3.05, 3.63) is 65.0 Å². The molecule has 1 atom stereocenters. The lowest BCUT2D eigenvalue weighted by Gasteiger charge is -2.27. The van der Waals surface area contributed by atoms with Crippen molar-refractivity contribution in [3.63, 3.8) is 0 Å². The first kappa shape index (κ1) is 16.9. The maximum Gasteiger partial charge on any atom is 0.128 e. The van der Waals surface area contributed by atoms with E-state index < -0.39 is 0 Å². The van der Waals surface area contributed by atoms with Gasteiger partial charge in [-0.3, -0.25) is 4.90 Å². The predicted molar refractivity (Wildman–Crippen MR) is 94.3 cm³/mol. The van der Waals surface area contributed by atoms with Crippen molar-refractivity contribution >= 4 is 0 Å². The molecule has 24 heavy (non-hydrogen) atoms. The minimum atomic E-state index is -0.260. The molecule has 0 aliphatic carbocycles. The van der Waals surface area contributed by atoms with Gasteiger partial charge in [-0.05, 0) is 38.5 Å². The molecule has 2 aromatic rings.